The van der Waals surface area contributed by atoms with E-state index < -0.39 is 0 Å². The van der Waals surface area contributed by atoms with Crippen molar-refractivity contribution in [2.45, 2.75) is 0 Å². The van der Waals surface area contributed by atoms with Crippen molar-refractivity contribution in [2.75, 3.05) is 10.6 Å². The number of benzene rings is 3. The smallest absolute Gasteiger partial charge is 0.00353 e. The van der Waals surface area contributed by atoms with Gasteiger partial charge in [0.1, 0.15) is 0 Å². The molecule has 0 bridgehead atoms. The van der Waals surface area contributed by atoms with Crippen molar-refractivity contribution >= 4 is 42.1 Å². The number of hydrogen-bond donors (Lipinski definition) is 0. The van der Waals surface area contributed by atoms with Crippen LogP contribution >= 0.6 is 31.2 Å². The lowest BCUT2D eigenvalue weighted by Crippen LogP contribution is -1.93. The summed E-state index contributed by atoms with van der Waals surface area (Å²) in [5, 5.41) is 1.46. The summed E-state index contributed by atoms with van der Waals surface area (Å²) in [5.74, 6) is 0. The van der Waals surface area contributed by atoms with Gasteiger partial charge < -0.3 is 0 Å². The van der Waals surface area contributed by atoms with Crippen molar-refractivity contribution < 1.29 is 0 Å². The summed E-state index contributed by atoms with van der Waals surface area (Å²) in [7, 11) is 0.804. The molecule has 1 atom stereocenters. The molecule has 1 unspecified atom stereocenters. The molecule has 3 rings (SSSR count). The third kappa shape index (κ3) is 4.34. The zero-order valence-corrected chi connectivity index (χ0v) is 16.6. The lowest BCUT2D eigenvalue weighted by atomic mass is 9.95. The van der Waals surface area contributed by atoms with Crippen LogP contribution in [0.15, 0.2) is 91.0 Å². The quantitative estimate of drug-likeness (QED) is 0.172. The van der Waals surface area contributed by atoms with Gasteiger partial charge in [-0.3, -0.25) is 0 Å². The van der Waals surface area contributed by atoms with Gasteiger partial charge in [-0.15, -0.1) is 0 Å². The molecule has 0 aliphatic heterocycles. The molecule has 0 nitrogen and oxygen atoms in total. The molecule has 3 aromatic carbocycles. The van der Waals surface area contributed by atoms with Gasteiger partial charge in [-0.1, -0.05) is 122 Å². The van der Waals surface area contributed by atoms with Gasteiger partial charge in [-0.25, -0.2) is 0 Å². The Bertz CT molecular complexity index is 738. The number of halogens is 1. The van der Waals surface area contributed by atoms with Crippen LogP contribution in [0.25, 0.3) is 10.9 Å². The molecule has 0 amide bonds. The Morgan fingerprint density at radius 1 is 0.625 bits per heavy atom. The number of rotatable bonds is 6. The summed E-state index contributed by atoms with van der Waals surface area (Å²) in [4.78, 5) is 0. The van der Waals surface area contributed by atoms with Crippen LogP contribution in [-0.2, 0) is 0 Å². The first-order valence-corrected chi connectivity index (χ1v) is 10.8. The Kier molecular flexibility index (Phi) is 6.63. The van der Waals surface area contributed by atoms with E-state index in [1.807, 2.05) is 0 Å². The predicted octanol–water partition coefficient (Wildman–Crippen LogP) is 6.72. The molecule has 0 aromatic heterocycles. The number of alkyl halides is 1. The topological polar surface area (TPSA) is 0 Å². The molecule has 3 aromatic rings. The maximum atomic E-state index is 2.48. The average Bonchev–Trinajstić information content (AvgIpc) is 2.67. The highest BCUT2D eigenvalue weighted by molar-refractivity contribution is 14.1. The number of hydrogen-bond acceptors (Lipinski definition) is 0. The Hall–Kier alpha value is -1.44. The highest BCUT2D eigenvalue weighted by Gasteiger charge is 2.13. The third-order valence-electron chi connectivity index (χ3n) is 3.83. The Balaban J connectivity index is 2.24. The van der Waals surface area contributed by atoms with E-state index in [-0.39, 0.29) is 0 Å². The van der Waals surface area contributed by atoms with Crippen molar-refractivity contribution in [3.05, 3.63) is 108 Å². The van der Waals surface area contributed by atoms with E-state index in [1.165, 1.54) is 38.2 Å². The maximum absolute atomic E-state index is 2.48. The van der Waals surface area contributed by atoms with E-state index in [9.17, 15) is 0 Å². The van der Waals surface area contributed by atoms with Crippen LogP contribution in [-0.4, -0.2) is 10.6 Å². The van der Waals surface area contributed by atoms with E-state index in [1.54, 1.807) is 0 Å². The molecule has 0 spiro atoms. The van der Waals surface area contributed by atoms with Crippen LogP contribution in [0, 0.1) is 0 Å². The first-order valence-electron chi connectivity index (χ1n) is 8.10. The fourth-order valence-electron chi connectivity index (χ4n) is 2.78. The molecule has 2 heteroatoms. The standard InChI is InChI=1S/C22H20IP/c23-16-17-24-22(20-14-8-3-9-15-20)21(18-10-4-1-5-11-18)19-12-6-2-7-13-19/h1-15,24H,16-17H2. The summed E-state index contributed by atoms with van der Waals surface area (Å²) in [6.07, 6.45) is 1.22. The Labute approximate surface area is 159 Å². The lowest BCUT2D eigenvalue weighted by Gasteiger charge is -2.17. The maximum Gasteiger partial charge on any atom is 0.00353 e. The second-order valence-corrected chi connectivity index (χ2v) is 7.90. The van der Waals surface area contributed by atoms with Crippen molar-refractivity contribution in [3.63, 3.8) is 0 Å². The van der Waals surface area contributed by atoms with Crippen molar-refractivity contribution in [2.24, 2.45) is 0 Å². The van der Waals surface area contributed by atoms with Gasteiger partial charge in [0.15, 0.2) is 0 Å². The molecule has 0 saturated heterocycles. The van der Waals surface area contributed by atoms with Gasteiger partial charge in [0.2, 0.25) is 0 Å². The van der Waals surface area contributed by atoms with Gasteiger partial charge in [-0.05, 0) is 33.7 Å². The molecule has 0 aliphatic rings. The lowest BCUT2D eigenvalue weighted by molar-refractivity contribution is 1.54. The van der Waals surface area contributed by atoms with Gasteiger partial charge in [-0.2, -0.15) is 0 Å². The molecule has 0 N–H and O–H groups in total. The fourth-order valence-corrected chi connectivity index (χ4v) is 4.77. The predicted molar refractivity (Wildman–Crippen MR) is 117 cm³/mol. The summed E-state index contributed by atoms with van der Waals surface area (Å²) < 4.78 is 1.18. The summed E-state index contributed by atoms with van der Waals surface area (Å²) >= 11 is 2.48. The van der Waals surface area contributed by atoms with Gasteiger partial charge in [0.05, 0.1) is 0 Å². The van der Waals surface area contributed by atoms with Crippen molar-refractivity contribution in [1.82, 2.24) is 0 Å². The van der Waals surface area contributed by atoms with E-state index in [0.717, 1.165) is 8.58 Å². The van der Waals surface area contributed by atoms with E-state index in [0.29, 0.717) is 0 Å². The highest BCUT2D eigenvalue weighted by atomic mass is 127. The third-order valence-corrected chi connectivity index (χ3v) is 6.78. The van der Waals surface area contributed by atoms with Gasteiger partial charge in [0.25, 0.3) is 0 Å². The first-order chi connectivity index (χ1) is 11.9. The van der Waals surface area contributed by atoms with E-state index >= 15 is 0 Å². The van der Waals surface area contributed by atoms with E-state index in [2.05, 4.69) is 114 Å². The monoisotopic (exact) mass is 442 g/mol. The average molecular weight is 442 g/mol. The van der Waals surface area contributed by atoms with Crippen LogP contribution in [0.4, 0.5) is 0 Å². The zero-order chi connectivity index (χ0) is 16.6. The molecule has 24 heavy (non-hydrogen) atoms. The normalized spacial score (nSPS) is 10.9. The summed E-state index contributed by atoms with van der Waals surface area (Å²) in [5.41, 5.74) is 5.29. The largest absolute Gasteiger partial charge is 0.0883 e. The van der Waals surface area contributed by atoms with Crippen LogP contribution in [0.2, 0.25) is 0 Å². The van der Waals surface area contributed by atoms with Crippen LogP contribution in [0.3, 0.4) is 0 Å². The fraction of sp³-hybridized carbons (Fsp3) is 0.0909. The van der Waals surface area contributed by atoms with Crippen LogP contribution in [0.1, 0.15) is 16.7 Å². The molecule has 0 heterocycles. The highest BCUT2D eigenvalue weighted by Crippen LogP contribution is 2.42. The van der Waals surface area contributed by atoms with Crippen molar-refractivity contribution in [3.8, 4) is 0 Å². The zero-order valence-electron chi connectivity index (χ0n) is 13.5. The molecule has 0 radical (unpaired) electrons. The molecular formula is C22H20IP. The van der Waals surface area contributed by atoms with Crippen molar-refractivity contribution in [1.29, 1.82) is 0 Å². The summed E-state index contributed by atoms with van der Waals surface area (Å²) in [6, 6.07) is 32.4. The van der Waals surface area contributed by atoms with Gasteiger partial charge >= 0.3 is 0 Å². The van der Waals surface area contributed by atoms with Gasteiger partial charge in [0, 0.05) is 4.43 Å². The minimum Gasteiger partial charge on any atom is -0.0883 e. The first kappa shape index (κ1) is 17.4. The summed E-state index contributed by atoms with van der Waals surface area (Å²) in [6.45, 7) is 0. The molecule has 0 fully saturated rings. The molecule has 120 valence electrons. The second-order valence-electron chi connectivity index (χ2n) is 5.46. The van der Waals surface area contributed by atoms with Crippen LogP contribution in [0.5, 0.6) is 0 Å². The molecule has 0 saturated carbocycles. The van der Waals surface area contributed by atoms with E-state index in [4.69, 9.17) is 0 Å². The molecule has 0 aliphatic carbocycles. The second kappa shape index (κ2) is 9.15. The van der Waals surface area contributed by atoms with Crippen LogP contribution < -0.4 is 0 Å². The molecular weight excluding hydrogens is 422 g/mol. The Morgan fingerprint density at radius 3 is 1.46 bits per heavy atom. The SMILES string of the molecule is ICCPC(=C(c1ccccc1)c1ccccc1)c1ccccc1. The minimum absolute atomic E-state index is 0.804. The Morgan fingerprint density at radius 2 is 1.04 bits per heavy atom. The minimum atomic E-state index is 0.804.